The molecule has 0 atom stereocenters. The van der Waals surface area contributed by atoms with Gasteiger partial charge < -0.3 is 15.2 Å². The Morgan fingerprint density at radius 1 is 1.30 bits per heavy atom. The van der Waals surface area contributed by atoms with Crippen molar-refractivity contribution in [2.75, 3.05) is 27.2 Å². The van der Waals surface area contributed by atoms with Crippen molar-refractivity contribution < 1.29 is 4.79 Å². The average molecular weight is 273 g/mol. The van der Waals surface area contributed by atoms with Crippen molar-refractivity contribution in [2.24, 2.45) is 0 Å². The monoisotopic (exact) mass is 273 g/mol. The molecule has 0 spiro atoms. The second-order valence-corrected chi connectivity index (χ2v) is 5.59. The fourth-order valence-corrected chi connectivity index (χ4v) is 2.36. The minimum atomic E-state index is -0.0184. The van der Waals surface area contributed by atoms with E-state index in [0.29, 0.717) is 12.2 Å². The zero-order valence-electron chi connectivity index (χ0n) is 12.7. The van der Waals surface area contributed by atoms with Crippen molar-refractivity contribution in [2.45, 2.75) is 20.3 Å². The lowest BCUT2D eigenvalue weighted by molar-refractivity contribution is 0.0947. The number of fused-ring (bicyclic) bond motifs is 1. The number of amides is 1. The molecule has 4 nitrogen and oxygen atoms in total. The molecule has 0 bridgehead atoms. The number of aromatic nitrogens is 1. The second-order valence-electron chi connectivity index (χ2n) is 5.59. The van der Waals surface area contributed by atoms with Gasteiger partial charge in [0.1, 0.15) is 5.69 Å². The van der Waals surface area contributed by atoms with Gasteiger partial charge in [-0.3, -0.25) is 4.79 Å². The van der Waals surface area contributed by atoms with Gasteiger partial charge in [-0.2, -0.15) is 0 Å². The molecular formula is C16H23N3O. The number of nitrogens with one attached hydrogen (secondary N) is 2. The Morgan fingerprint density at radius 2 is 2.05 bits per heavy atom. The van der Waals surface area contributed by atoms with Crippen LogP contribution in [-0.4, -0.2) is 43.0 Å². The summed E-state index contributed by atoms with van der Waals surface area (Å²) in [6.45, 7) is 5.72. The summed E-state index contributed by atoms with van der Waals surface area (Å²) in [7, 11) is 4.07. The van der Waals surface area contributed by atoms with Gasteiger partial charge in [-0.15, -0.1) is 0 Å². The third kappa shape index (κ3) is 3.20. The molecule has 0 aliphatic carbocycles. The number of aromatic amines is 1. The molecule has 1 heterocycles. The first kappa shape index (κ1) is 14.6. The summed E-state index contributed by atoms with van der Waals surface area (Å²) in [5, 5.41) is 4.09. The van der Waals surface area contributed by atoms with Crippen LogP contribution in [0.5, 0.6) is 0 Å². The molecule has 0 unspecified atom stereocenters. The molecule has 0 aliphatic rings. The van der Waals surface area contributed by atoms with Crippen molar-refractivity contribution in [3.05, 3.63) is 35.0 Å². The molecular weight excluding hydrogens is 250 g/mol. The third-order valence-electron chi connectivity index (χ3n) is 3.51. The van der Waals surface area contributed by atoms with E-state index in [1.165, 1.54) is 5.56 Å². The van der Waals surface area contributed by atoms with Gasteiger partial charge in [0.2, 0.25) is 0 Å². The molecule has 2 N–H and O–H groups in total. The van der Waals surface area contributed by atoms with Gasteiger partial charge in [0, 0.05) is 17.4 Å². The number of hydrogen-bond donors (Lipinski definition) is 2. The number of carbonyl (C=O) groups is 1. The van der Waals surface area contributed by atoms with Crippen LogP contribution in [-0.2, 0) is 0 Å². The highest BCUT2D eigenvalue weighted by Gasteiger charge is 2.14. The van der Waals surface area contributed by atoms with Crippen molar-refractivity contribution in [1.29, 1.82) is 0 Å². The van der Waals surface area contributed by atoms with Crippen LogP contribution in [0.25, 0.3) is 10.9 Å². The van der Waals surface area contributed by atoms with E-state index in [-0.39, 0.29) is 5.91 Å². The average Bonchev–Trinajstić information content (AvgIpc) is 2.71. The van der Waals surface area contributed by atoms with Gasteiger partial charge >= 0.3 is 0 Å². The molecule has 0 fully saturated rings. The molecule has 0 saturated carbocycles. The summed E-state index contributed by atoms with van der Waals surface area (Å²) in [5.74, 6) is -0.0184. The molecule has 0 aliphatic heterocycles. The van der Waals surface area contributed by atoms with Crippen LogP contribution < -0.4 is 5.32 Å². The fraction of sp³-hybridized carbons (Fsp3) is 0.438. The highest BCUT2D eigenvalue weighted by atomic mass is 16.1. The molecule has 108 valence electrons. The first-order chi connectivity index (χ1) is 9.49. The van der Waals surface area contributed by atoms with Crippen LogP contribution >= 0.6 is 0 Å². The van der Waals surface area contributed by atoms with E-state index >= 15 is 0 Å². The van der Waals surface area contributed by atoms with Gasteiger partial charge in [0.15, 0.2) is 0 Å². The lowest BCUT2D eigenvalue weighted by Crippen LogP contribution is -2.27. The highest BCUT2D eigenvalue weighted by molar-refractivity contribution is 6.00. The summed E-state index contributed by atoms with van der Waals surface area (Å²) in [5.41, 5.74) is 3.91. The van der Waals surface area contributed by atoms with Crippen molar-refractivity contribution in [1.82, 2.24) is 15.2 Å². The van der Waals surface area contributed by atoms with Gasteiger partial charge in [0.25, 0.3) is 5.91 Å². The summed E-state index contributed by atoms with van der Waals surface area (Å²) >= 11 is 0. The van der Waals surface area contributed by atoms with Crippen LogP contribution in [0.3, 0.4) is 0 Å². The third-order valence-corrected chi connectivity index (χ3v) is 3.51. The first-order valence-corrected chi connectivity index (χ1v) is 7.01. The molecule has 1 aromatic heterocycles. The summed E-state index contributed by atoms with van der Waals surface area (Å²) in [6.07, 6.45) is 0.955. The highest BCUT2D eigenvalue weighted by Crippen LogP contribution is 2.22. The van der Waals surface area contributed by atoms with E-state index in [1.807, 2.05) is 21.0 Å². The number of H-pyrrole nitrogens is 1. The first-order valence-electron chi connectivity index (χ1n) is 7.01. The van der Waals surface area contributed by atoms with Gasteiger partial charge in [-0.05, 0) is 58.1 Å². The maximum atomic E-state index is 12.2. The zero-order valence-corrected chi connectivity index (χ0v) is 12.7. The number of benzene rings is 1. The molecule has 20 heavy (non-hydrogen) atoms. The molecule has 1 aromatic carbocycles. The second kappa shape index (κ2) is 6.09. The molecule has 1 amide bonds. The van der Waals surface area contributed by atoms with Crippen LogP contribution in [0.2, 0.25) is 0 Å². The quantitative estimate of drug-likeness (QED) is 0.822. The Balaban J connectivity index is 2.08. The van der Waals surface area contributed by atoms with Crippen LogP contribution in [0, 0.1) is 13.8 Å². The standard InChI is InChI=1S/C16H23N3O/c1-11-6-7-13-12(2)15(18-14(13)10-11)16(20)17-8-5-9-19(3)4/h6-7,10,18H,5,8-9H2,1-4H3,(H,17,20). The lowest BCUT2D eigenvalue weighted by atomic mass is 10.1. The number of nitrogens with zero attached hydrogens (tertiary/aromatic N) is 1. The zero-order chi connectivity index (χ0) is 14.7. The van der Waals surface area contributed by atoms with E-state index in [4.69, 9.17) is 0 Å². The predicted octanol–water partition coefficient (Wildman–Crippen LogP) is 2.47. The van der Waals surface area contributed by atoms with Gasteiger partial charge in [-0.25, -0.2) is 0 Å². The lowest BCUT2D eigenvalue weighted by Gasteiger charge is -2.09. The molecule has 4 heteroatoms. The Morgan fingerprint density at radius 3 is 2.75 bits per heavy atom. The summed E-state index contributed by atoms with van der Waals surface area (Å²) < 4.78 is 0. The number of hydrogen-bond acceptors (Lipinski definition) is 2. The van der Waals surface area contributed by atoms with Crippen LogP contribution in [0.1, 0.15) is 28.0 Å². The van der Waals surface area contributed by atoms with Gasteiger partial charge in [0.05, 0.1) is 0 Å². The SMILES string of the molecule is Cc1ccc2c(C)c(C(=O)NCCCN(C)C)[nH]c2c1. The van der Waals surface area contributed by atoms with E-state index in [2.05, 4.69) is 40.3 Å². The van der Waals surface area contributed by atoms with E-state index < -0.39 is 0 Å². The summed E-state index contributed by atoms with van der Waals surface area (Å²) in [6, 6.07) is 6.21. The topological polar surface area (TPSA) is 48.1 Å². The van der Waals surface area contributed by atoms with E-state index in [9.17, 15) is 4.79 Å². The van der Waals surface area contributed by atoms with E-state index in [0.717, 1.165) is 29.4 Å². The number of carbonyl (C=O) groups excluding carboxylic acids is 1. The van der Waals surface area contributed by atoms with Crippen LogP contribution in [0.4, 0.5) is 0 Å². The number of rotatable bonds is 5. The van der Waals surface area contributed by atoms with Crippen molar-refractivity contribution in [3.8, 4) is 0 Å². The smallest absolute Gasteiger partial charge is 0.268 e. The fourth-order valence-electron chi connectivity index (χ4n) is 2.36. The minimum Gasteiger partial charge on any atom is -0.351 e. The van der Waals surface area contributed by atoms with Crippen molar-refractivity contribution in [3.63, 3.8) is 0 Å². The summed E-state index contributed by atoms with van der Waals surface area (Å²) in [4.78, 5) is 17.6. The number of aryl methyl sites for hydroxylation is 2. The maximum Gasteiger partial charge on any atom is 0.268 e. The predicted molar refractivity (Wildman–Crippen MR) is 83.3 cm³/mol. The molecule has 2 aromatic rings. The minimum absolute atomic E-state index is 0.0184. The largest absolute Gasteiger partial charge is 0.351 e. The normalized spacial score (nSPS) is 11.2. The Bertz CT molecular complexity index is 613. The Labute approximate surface area is 120 Å². The Kier molecular flexibility index (Phi) is 4.45. The molecule has 0 saturated heterocycles. The molecule has 2 rings (SSSR count). The molecule has 0 radical (unpaired) electrons. The van der Waals surface area contributed by atoms with E-state index in [1.54, 1.807) is 0 Å². The maximum absolute atomic E-state index is 12.2. The Hall–Kier alpha value is -1.81. The van der Waals surface area contributed by atoms with Crippen LogP contribution in [0.15, 0.2) is 18.2 Å². The van der Waals surface area contributed by atoms with Crippen molar-refractivity contribution >= 4 is 16.8 Å². The van der Waals surface area contributed by atoms with Gasteiger partial charge in [-0.1, -0.05) is 12.1 Å².